The number of phenolic OH excluding ortho intramolecular Hbond substituents is 1. The van der Waals surface area contributed by atoms with Crippen LogP contribution in [0.1, 0.15) is 36.0 Å². The molecule has 26 heavy (non-hydrogen) atoms. The number of carboxylic acid groups (broad SMARTS) is 1. The highest BCUT2D eigenvalue weighted by atomic mass is 16.7. The monoisotopic (exact) mass is 357 g/mol. The number of hydrogen-bond donors (Lipinski definition) is 3. The molecule has 0 aliphatic carbocycles. The first kappa shape index (κ1) is 18.2. The normalized spacial score (nSPS) is 17.0. The average molecular weight is 357 g/mol. The molecule has 0 saturated carbocycles. The van der Waals surface area contributed by atoms with E-state index < -0.39 is 6.09 Å². The summed E-state index contributed by atoms with van der Waals surface area (Å²) in [5, 5.41) is 21.4. The number of benzene rings is 2. The van der Waals surface area contributed by atoms with Crippen LogP contribution < -0.4 is 5.32 Å². The molecule has 2 aromatic carbocycles. The van der Waals surface area contributed by atoms with Gasteiger partial charge in [-0.25, -0.2) is 4.79 Å². The van der Waals surface area contributed by atoms with Crippen molar-refractivity contribution in [3.05, 3.63) is 59.2 Å². The fraction of sp³-hybridized carbons (Fsp3) is 0.350. The van der Waals surface area contributed by atoms with Gasteiger partial charge >= 0.3 is 6.09 Å². The molecule has 6 nitrogen and oxygen atoms in total. The van der Waals surface area contributed by atoms with Gasteiger partial charge in [-0.05, 0) is 42.5 Å². The first-order valence-electron chi connectivity index (χ1n) is 8.73. The fourth-order valence-corrected chi connectivity index (χ4v) is 3.02. The molecule has 1 heterocycles. The molecule has 2 aromatic rings. The largest absolute Gasteiger partial charge is 0.508 e. The second kappa shape index (κ2) is 8.69. The zero-order valence-electron chi connectivity index (χ0n) is 14.5. The van der Waals surface area contributed by atoms with Crippen molar-refractivity contribution >= 4 is 11.8 Å². The van der Waals surface area contributed by atoms with Crippen molar-refractivity contribution in [3.63, 3.8) is 0 Å². The molecular formula is C20H23NO5. The molecule has 6 heteroatoms. The summed E-state index contributed by atoms with van der Waals surface area (Å²) in [6, 6.07) is 12.6. The summed E-state index contributed by atoms with van der Waals surface area (Å²) in [6.45, 7) is 0.952. The van der Waals surface area contributed by atoms with Crippen molar-refractivity contribution in [2.45, 2.75) is 38.6 Å². The molecule has 1 saturated heterocycles. The molecular weight excluding hydrogens is 334 g/mol. The van der Waals surface area contributed by atoms with Crippen LogP contribution in [0.5, 0.6) is 5.75 Å². The Morgan fingerprint density at radius 2 is 2.04 bits per heavy atom. The third-order valence-electron chi connectivity index (χ3n) is 4.36. The van der Waals surface area contributed by atoms with E-state index in [1.54, 1.807) is 18.2 Å². The number of anilines is 1. The molecule has 3 rings (SSSR count). The van der Waals surface area contributed by atoms with E-state index in [0.717, 1.165) is 36.0 Å². The topological polar surface area (TPSA) is 88.0 Å². The Morgan fingerprint density at radius 3 is 2.77 bits per heavy atom. The third kappa shape index (κ3) is 4.97. The van der Waals surface area contributed by atoms with E-state index >= 15 is 0 Å². The van der Waals surface area contributed by atoms with Crippen LogP contribution in [-0.4, -0.2) is 29.2 Å². The fourth-order valence-electron chi connectivity index (χ4n) is 3.02. The summed E-state index contributed by atoms with van der Waals surface area (Å²) in [6.07, 6.45) is 2.14. The minimum atomic E-state index is -1.12. The number of amides is 1. The summed E-state index contributed by atoms with van der Waals surface area (Å²) < 4.78 is 11.4. The van der Waals surface area contributed by atoms with Crippen molar-refractivity contribution in [2.24, 2.45) is 0 Å². The Morgan fingerprint density at radius 1 is 1.19 bits per heavy atom. The van der Waals surface area contributed by atoms with Gasteiger partial charge in [0.05, 0.1) is 6.61 Å². The summed E-state index contributed by atoms with van der Waals surface area (Å²) in [4.78, 5) is 11.0. The van der Waals surface area contributed by atoms with Crippen LogP contribution in [0, 0.1) is 0 Å². The van der Waals surface area contributed by atoms with E-state index in [1.807, 2.05) is 24.3 Å². The van der Waals surface area contributed by atoms with Gasteiger partial charge in [0.25, 0.3) is 0 Å². The molecule has 1 unspecified atom stereocenters. The third-order valence-corrected chi connectivity index (χ3v) is 4.36. The van der Waals surface area contributed by atoms with Crippen LogP contribution >= 0.6 is 0 Å². The Labute approximate surface area is 152 Å². The Hall–Kier alpha value is -2.57. The van der Waals surface area contributed by atoms with Crippen LogP contribution in [0.3, 0.4) is 0 Å². The zero-order chi connectivity index (χ0) is 18.4. The summed E-state index contributed by atoms with van der Waals surface area (Å²) >= 11 is 0. The zero-order valence-corrected chi connectivity index (χ0v) is 14.5. The summed E-state index contributed by atoms with van der Waals surface area (Å²) in [7, 11) is 0. The number of carbonyl (C=O) groups is 1. The second-order valence-corrected chi connectivity index (χ2v) is 6.33. The molecule has 0 radical (unpaired) electrons. The molecule has 0 aromatic heterocycles. The van der Waals surface area contributed by atoms with Gasteiger partial charge in [-0.1, -0.05) is 30.3 Å². The predicted octanol–water partition coefficient (Wildman–Crippen LogP) is 4.12. The summed E-state index contributed by atoms with van der Waals surface area (Å²) in [5.41, 5.74) is 3.02. The van der Waals surface area contributed by atoms with Gasteiger partial charge in [0.1, 0.15) is 5.75 Å². The molecule has 0 bridgehead atoms. The highest BCUT2D eigenvalue weighted by Gasteiger charge is 2.16. The van der Waals surface area contributed by atoms with Crippen molar-refractivity contribution in [3.8, 4) is 5.75 Å². The van der Waals surface area contributed by atoms with Crippen molar-refractivity contribution in [1.29, 1.82) is 0 Å². The minimum absolute atomic E-state index is 0.244. The van der Waals surface area contributed by atoms with Crippen molar-refractivity contribution in [1.82, 2.24) is 0 Å². The van der Waals surface area contributed by atoms with Crippen LogP contribution in [0.25, 0.3) is 0 Å². The van der Waals surface area contributed by atoms with Gasteiger partial charge in [-0.3, -0.25) is 5.32 Å². The van der Waals surface area contributed by atoms with E-state index in [0.29, 0.717) is 18.7 Å². The van der Waals surface area contributed by atoms with Gasteiger partial charge in [-0.15, -0.1) is 0 Å². The van der Waals surface area contributed by atoms with E-state index in [9.17, 15) is 9.90 Å². The maximum absolute atomic E-state index is 11.0. The Kier molecular flexibility index (Phi) is 6.09. The SMILES string of the molecule is O=C(O)Nc1ccc(Cc2ccccc2O)cc1COC1CCCCO1. The lowest BCUT2D eigenvalue weighted by Crippen LogP contribution is -2.22. The van der Waals surface area contributed by atoms with E-state index in [4.69, 9.17) is 14.6 Å². The molecule has 1 fully saturated rings. The van der Waals surface area contributed by atoms with Crippen LogP contribution in [0.15, 0.2) is 42.5 Å². The quantitative estimate of drug-likeness (QED) is 0.724. The highest BCUT2D eigenvalue weighted by molar-refractivity contribution is 5.84. The van der Waals surface area contributed by atoms with E-state index in [1.165, 1.54) is 0 Å². The van der Waals surface area contributed by atoms with Crippen LogP contribution in [0.2, 0.25) is 0 Å². The average Bonchev–Trinajstić information content (AvgIpc) is 2.64. The van der Waals surface area contributed by atoms with E-state index in [2.05, 4.69) is 5.32 Å². The maximum atomic E-state index is 11.0. The van der Waals surface area contributed by atoms with Gasteiger partial charge in [-0.2, -0.15) is 0 Å². The Bertz CT molecular complexity index is 756. The number of rotatable bonds is 6. The van der Waals surface area contributed by atoms with Crippen LogP contribution in [-0.2, 0) is 22.5 Å². The molecule has 3 N–H and O–H groups in total. The standard InChI is InChI=1S/C20H23NO5/c22-18-6-2-1-5-15(18)11-14-8-9-17(21-20(23)24)16(12-14)13-26-19-7-3-4-10-25-19/h1-2,5-6,8-9,12,19,21-22H,3-4,7,10-11,13H2,(H,23,24). The van der Waals surface area contributed by atoms with Crippen LogP contribution in [0.4, 0.5) is 10.5 Å². The Balaban J connectivity index is 1.76. The molecule has 138 valence electrons. The second-order valence-electron chi connectivity index (χ2n) is 6.33. The lowest BCUT2D eigenvalue weighted by atomic mass is 10.0. The smallest absolute Gasteiger partial charge is 0.409 e. The number of hydrogen-bond acceptors (Lipinski definition) is 4. The van der Waals surface area contributed by atoms with E-state index in [-0.39, 0.29) is 18.6 Å². The van der Waals surface area contributed by atoms with Gasteiger partial charge in [0, 0.05) is 24.3 Å². The van der Waals surface area contributed by atoms with Gasteiger partial charge < -0.3 is 19.7 Å². The van der Waals surface area contributed by atoms with Gasteiger partial charge in [0.2, 0.25) is 0 Å². The number of ether oxygens (including phenoxy) is 2. The van der Waals surface area contributed by atoms with Crippen molar-refractivity contribution < 1.29 is 24.5 Å². The molecule has 1 atom stereocenters. The number of para-hydroxylation sites is 1. The van der Waals surface area contributed by atoms with Gasteiger partial charge in [0.15, 0.2) is 6.29 Å². The summed E-state index contributed by atoms with van der Waals surface area (Å²) in [5.74, 6) is 0.244. The molecule has 1 aliphatic rings. The highest BCUT2D eigenvalue weighted by Crippen LogP contribution is 2.25. The maximum Gasteiger partial charge on any atom is 0.409 e. The number of aromatic hydroxyl groups is 1. The molecule has 1 aliphatic heterocycles. The number of nitrogens with one attached hydrogen (secondary N) is 1. The predicted molar refractivity (Wildman–Crippen MR) is 97.4 cm³/mol. The van der Waals surface area contributed by atoms with Crippen molar-refractivity contribution in [2.75, 3.05) is 11.9 Å². The number of phenols is 1. The first-order valence-corrected chi connectivity index (χ1v) is 8.73. The molecule has 0 spiro atoms. The first-order chi connectivity index (χ1) is 12.6. The molecule has 1 amide bonds. The lowest BCUT2D eigenvalue weighted by molar-refractivity contribution is -0.168. The minimum Gasteiger partial charge on any atom is -0.508 e. The lowest BCUT2D eigenvalue weighted by Gasteiger charge is -2.23.